The molecule has 0 aliphatic heterocycles. The SMILES string of the molecule is C[C@@H](O)Cn1ccc2c(NC(=O)Cc3ccc(Cl)c(Cl)c3)c(Cl)ccc2c1=O. The summed E-state index contributed by atoms with van der Waals surface area (Å²) in [6.07, 6.45) is 0.984. The van der Waals surface area contributed by atoms with Crippen molar-refractivity contribution < 1.29 is 9.90 Å². The molecule has 0 spiro atoms. The highest BCUT2D eigenvalue weighted by Crippen LogP contribution is 2.30. The molecule has 0 aliphatic carbocycles. The average molecular weight is 440 g/mol. The number of anilines is 1. The van der Waals surface area contributed by atoms with Gasteiger partial charge in [-0.05, 0) is 42.8 Å². The molecule has 1 amide bonds. The molecule has 1 heterocycles. The zero-order chi connectivity index (χ0) is 20.4. The molecule has 0 bridgehead atoms. The summed E-state index contributed by atoms with van der Waals surface area (Å²) < 4.78 is 1.42. The average Bonchev–Trinajstić information content (AvgIpc) is 2.62. The first-order valence-electron chi connectivity index (χ1n) is 8.49. The maximum absolute atomic E-state index is 12.6. The van der Waals surface area contributed by atoms with Crippen LogP contribution in [0, 0.1) is 0 Å². The van der Waals surface area contributed by atoms with Gasteiger partial charge in [-0.3, -0.25) is 9.59 Å². The number of hydrogen-bond donors (Lipinski definition) is 2. The number of fused-ring (bicyclic) bond motifs is 1. The molecule has 2 N–H and O–H groups in total. The van der Waals surface area contributed by atoms with Crippen molar-refractivity contribution in [3.63, 3.8) is 0 Å². The lowest BCUT2D eigenvalue weighted by molar-refractivity contribution is -0.115. The summed E-state index contributed by atoms with van der Waals surface area (Å²) in [6, 6.07) is 9.83. The minimum atomic E-state index is -0.659. The summed E-state index contributed by atoms with van der Waals surface area (Å²) in [5.41, 5.74) is 0.795. The number of halogens is 3. The Bertz CT molecular complexity index is 1110. The second kappa shape index (κ2) is 8.53. The Kier molecular flexibility index (Phi) is 6.30. The van der Waals surface area contributed by atoms with E-state index in [2.05, 4.69) is 5.32 Å². The van der Waals surface area contributed by atoms with E-state index in [0.717, 1.165) is 0 Å². The van der Waals surface area contributed by atoms with Crippen molar-refractivity contribution >= 4 is 57.2 Å². The van der Waals surface area contributed by atoms with E-state index < -0.39 is 6.10 Å². The van der Waals surface area contributed by atoms with Gasteiger partial charge in [0.15, 0.2) is 0 Å². The first-order chi connectivity index (χ1) is 13.3. The van der Waals surface area contributed by atoms with E-state index >= 15 is 0 Å². The van der Waals surface area contributed by atoms with Gasteiger partial charge in [0.1, 0.15) is 0 Å². The van der Waals surface area contributed by atoms with E-state index in [1.165, 1.54) is 4.57 Å². The van der Waals surface area contributed by atoms with Crippen LogP contribution in [0.5, 0.6) is 0 Å². The van der Waals surface area contributed by atoms with Crippen LogP contribution in [0.1, 0.15) is 12.5 Å². The molecule has 146 valence electrons. The lowest BCUT2D eigenvalue weighted by atomic mass is 10.1. The molecule has 0 aliphatic rings. The van der Waals surface area contributed by atoms with E-state index in [-0.39, 0.29) is 24.4 Å². The monoisotopic (exact) mass is 438 g/mol. The third kappa shape index (κ3) is 4.50. The molecule has 2 aromatic carbocycles. The van der Waals surface area contributed by atoms with Gasteiger partial charge in [0, 0.05) is 17.0 Å². The fourth-order valence-corrected chi connectivity index (χ4v) is 3.45. The topological polar surface area (TPSA) is 71.3 Å². The van der Waals surface area contributed by atoms with Crippen LogP contribution in [0.2, 0.25) is 15.1 Å². The third-order valence-electron chi connectivity index (χ3n) is 4.18. The molecule has 28 heavy (non-hydrogen) atoms. The van der Waals surface area contributed by atoms with Gasteiger partial charge in [-0.25, -0.2) is 0 Å². The van der Waals surface area contributed by atoms with Crippen LogP contribution in [0.4, 0.5) is 5.69 Å². The number of hydrogen-bond acceptors (Lipinski definition) is 3. The Hall–Kier alpha value is -2.05. The Morgan fingerprint density at radius 2 is 1.79 bits per heavy atom. The van der Waals surface area contributed by atoms with Crippen molar-refractivity contribution in [2.24, 2.45) is 0 Å². The summed E-state index contributed by atoms with van der Waals surface area (Å²) in [7, 11) is 0. The molecule has 0 fully saturated rings. The molecule has 0 radical (unpaired) electrons. The van der Waals surface area contributed by atoms with Crippen LogP contribution >= 0.6 is 34.8 Å². The number of benzene rings is 2. The van der Waals surface area contributed by atoms with E-state index in [0.29, 0.717) is 37.1 Å². The van der Waals surface area contributed by atoms with Gasteiger partial charge in [0.25, 0.3) is 5.56 Å². The molecule has 0 saturated heterocycles. The van der Waals surface area contributed by atoms with Gasteiger partial charge in [0.05, 0.1) is 39.8 Å². The molecule has 1 aromatic heterocycles. The molecule has 5 nitrogen and oxygen atoms in total. The van der Waals surface area contributed by atoms with Gasteiger partial charge in [-0.2, -0.15) is 0 Å². The maximum Gasteiger partial charge on any atom is 0.258 e. The molecule has 8 heteroatoms. The minimum absolute atomic E-state index is 0.0721. The highest BCUT2D eigenvalue weighted by atomic mass is 35.5. The Balaban J connectivity index is 1.92. The lowest BCUT2D eigenvalue weighted by Gasteiger charge is -2.13. The number of aliphatic hydroxyl groups is 1. The fourth-order valence-electron chi connectivity index (χ4n) is 2.91. The van der Waals surface area contributed by atoms with Crippen LogP contribution in [-0.2, 0) is 17.8 Å². The summed E-state index contributed by atoms with van der Waals surface area (Å²) in [5.74, 6) is -0.305. The number of carbonyl (C=O) groups excluding carboxylic acids is 1. The number of rotatable bonds is 5. The number of aliphatic hydroxyl groups excluding tert-OH is 1. The Morgan fingerprint density at radius 1 is 1.07 bits per heavy atom. The highest BCUT2D eigenvalue weighted by Gasteiger charge is 2.14. The summed E-state index contributed by atoms with van der Waals surface area (Å²) in [5, 5.41) is 14.4. The normalized spacial score (nSPS) is 12.2. The zero-order valence-corrected chi connectivity index (χ0v) is 17.1. The van der Waals surface area contributed by atoms with Gasteiger partial charge >= 0.3 is 0 Å². The molecular formula is C20H17Cl3N2O3. The highest BCUT2D eigenvalue weighted by molar-refractivity contribution is 6.42. The molecule has 0 saturated carbocycles. The number of pyridine rings is 1. The summed E-state index contributed by atoms with van der Waals surface area (Å²) in [4.78, 5) is 25.2. The van der Waals surface area contributed by atoms with E-state index in [1.807, 2.05) is 0 Å². The van der Waals surface area contributed by atoms with Gasteiger partial charge in [-0.15, -0.1) is 0 Å². The van der Waals surface area contributed by atoms with Crippen molar-refractivity contribution in [2.45, 2.75) is 26.0 Å². The standard InChI is InChI=1S/C20H17Cl3N2O3/c1-11(26)10-25-7-6-13-14(20(25)28)3-5-16(22)19(13)24-18(27)9-12-2-4-15(21)17(23)8-12/h2-8,11,26H,9-10H2,1H3,(H,24,27)/t11-/m1/s1. The van der Waals surface area contributed by atoms with Gasteiger partial charge in [-0.1, -0.05) is 40.9 Å². The van der Waals surface area contributed by atoms with Crippen molar-refractivity contribution in [3.05, 3.63) is 73.6 Å². The molecule has 3 rings (SSSR count). The van der Waals surface area contributed by atoms with Gasteiger partial charge in [0.2, 0.25) is 5.91 Å². The van der Waals surface area contributed by atoms with Crippen LogP contribution in [0.3, 0.4) is 0 Å². The first kappa shape index (κ1) is 20.7. The lowest BCUT2D eigenvalue weighted by Crippen LogP contribution is -2.25. The molecule has 1 atom stereocenters. The molecule has 3 aromatic rings. The van der Waals surface area contributed by atoms with Gasteiger partial charge < -0.3 is 15.0 Å². The van der Waals surface area contributed by atoms with Crippen LogP contribution in [-0.4, -0.2) is 21.7 Å². The van der Waals surface area contributed by atoms with Crippen LogP contribution in [0.15, 0.2) is 47.4 Å². The van der Waals surface area contributed by atoms with E-state index in [1.54, 1.807) is 49.5 Å². The first-order valence-corrected chi connectivity index (χ1v) is 9.63. The largest absolute Gasteiger partial charge is 0.392 e. The number of amides is 1. The smallest absolute Gasteiger partial charge is 0.258 e. The van der Waals surface area contributed by atoms with Crippen LogP contribution in [0.25, 0.3) is 10.8 Å². The van der Waals surface area contributed by atoms with Crippen molar-refractivity contribution in [3.8, 4) is 0 Å². The van der Waals surface area contributed by atoms with E-state index in [9.17, 15) is 14.7 Å². The summed E-state index contributed by atoms with van der Waals surface area (Å²) in [6.45, 7) is 1.78. The second-order valence-corrected chi connectivity index (χ2v) is 7.70. The van der Waals surface area contributed by atoms with Crippen molar-refractivity contribution in [2.75, 3.05) is 5.32 Å². The predicted octanol–water partition coefficient (Wildman–Crippen LogP) is 4.52. The number of aromatic nitrogens is 1. The number of nitrogens with zero attached hydrogens (tertiary/aromatic N) is 1. The third-order valence-corrected chi connectivity index (χ3v) is 5.24. The van der Waals surface area contributed by atoms with Crippen molar-refractivity contribution in [1.82, 2.24) is 4.57 Å². The predicted molar refractivity (Wildman–Crippen MR) is 114 cm³/mol. The van der Waals surface area contributed by atoms with Crippen molar-refractivity contribution in [1.29, 1.82) is 0 Å². The quantitative estimate of drug-likeness (QED) is 0.614. The second-order valence-electron chi connectivity index (χ2n) is 6.48. The van der Waals surface area contributed by atoms with Crippen LogP contribution < -0.4 is 10.9 Å². The Labute approximate surface area is 176 Å². The Morgan fingerprint density at radius 3 is 2.46 bits per heavy atom. The maximum atomic E-state index is 12.6. The molecule has 0 unspecified atom stereocenters. The minimum Gasteiger partial charge on any atom is -0.392 e. The number of nitrogens with one attached hydrogen (secondary N) is 1. The fraction of sp³-hybridized carbons (Fsp3) is 0.200. The molecular weight excluding hydrogens is 423 g/mol. The van der Waals surface area contributed by atoms with E-state index in [4.69, 9.17) is 34.8 Å². The number of carbonyl (C=O) groups is 1. The zero-order valence-electron chi connectivity index (χ0n) is 14.9. The summed E-state index contributed by atoms with van der Waals surface area (Å²) >= 11 is 18.2.